The van der Waals surface area contributed by atoms with Crippen LogP contribution in [0.1, 0.15) is 13.8 Å². The van der Waals surface area contributed by atoms with Crippen LogP contribution in [0, 0.1) is 0 Å². The largest absolute Gasteiger partial charge is 0.383 e. The maximum absolute atomic E-state index is 9.25. The van der Waals surface area contributed by atoms with E-state index in [1.165, 1.54) is 6.08 Å². The first-order valence-electron chi connectivity index (χ1n) is 3.62. The lowest BCUT2D eigenvalue weighted by atomic mass is 10.2. The molecule has 0 fully saturated rings. The minimum absolute atomic E-state index is 0.178. The summed E-state index contributed by atoms with van der Waals surface area (Å²) in [5.41, 5.74) is 0.579. The Balaban J connectivity index is 4.38. The normalized spacial score (nSPS) is 14.7. The zero-order valence-electron chi connectivity index (χ0n) is 7.12. The molecular weight excluding hydrogens is 138 g/mol. The molecule has 0 aromatic rings. The SMILES string of the molecule is C=CC(=NC(C)C)C(O)C=C. The van der Waals surface area contributed by atoms with E-state index in [2.05, 4.69) is 18.2 Å². The van der Waals surface area contributed by atoms with E-state index in [0.717, 1.165) is 0 Å². The minimum atomic E-state index is -0.685. The summed E-state index contributed by atoms with van der Waals surface area (Å²) in [5, 5.41) is 9.25. The number of aliphatic hydroxyl groups is 1. The van der Waals surface area contributed by atoms with Crippen molar-refractivity contribution in [2.75, 3.05) is 0 Å². The Hall–Kier alpha value is -0.890. The molecule has 0 aliphatic rings. The van der Waals surface area contributed by atoms with Crippen LogP contribution in [0.25, 0.3) is 0 Å². The van der Waals surface area contributed by atoms with E-state index in [-0.39, 0.29) is 6.04 Å². The van der Waals surface area contributed by atoms with E-state index in [0.29, 0.717) is 5.71 Å². The molecule has 1 atom stereocenters. The van der Waals surface area contributed by atoms with E-state index < -0.39 is 6.10 Å². The fourth-order valence-corrected chi connectivity index (χ4v) is 0.669. The predicted molar refractivity (Wildman–Crippen MR) is 49.0 cm³/mol. The molecule has 62 valence electrons. The second kappa shape index (κ2) is 4.85. The van der Waals surface area contributed by atoms with Gasteiger partial charge in [-0.3, -0.25) is 4.99 Å². The van der Waals surface area contributed by atoms with Crippen molar-refractivity contribution in [2.24, 2.45) is 4.99 Å². The molecule has 1 N–H and O–H groups in total. The van der Waals surface area contributed by atoms with Gasteiger partial charge >= 0.3 is 0 Å². The monoisotopic (exact) mass is 153 g/mol. The molecule has 0 saturated heterocycles. The van der Waals surface area contributed by atoms with E-state index in [1.54, 1.807) is 6.08 Å². The smallest absolute Gasteiger partial charge is 0.113 e. The van der Waals surface area contributed by atoms with Gasteiger partial charge in [0.15, 0.2) is 0 Å². The van der Waals surface area contributed by atoms with Crippen molar-refractivity contribution < 1.29 is 5.11 Å². The lowest BCUT2D eigenvalue weighted by Crippen LogP contribution is -2.16. The number of rotatable bonds is 4. The minimum Gasteiger partial charge on any atom is -0.383 e. The van der Waals surface area contributed by atoms with Crippen LogP contribution in [0.5, 0.6) is 0 Å². The van der Waals surface area contributed by atoms with Crippen molar-refractivity contribution in [3.05, 3.63) is 25.3 Å². The molecule has 0 aliphatic carbocycles. The van der Waals surface area contributed by atoms with Crippen LogP contribution in [-0.4, -0.2) is 23.0 Å². The summed E-state index contributed by atoms with van der Waals surface area (Å²) in [5.74, 6) is 0. The summed E-state index contributed by atoms with van der Waals surface area (Å²) in [6, 6.07) is 0.178. The molecule has 2 nitrogen and oxygen atoms in total. The first kappa shape index (κ1) is 10.1. The molecule has 1 unspecified atom stereocenters. The number of aliphatic imine (C=N–C) groups is 1. The Morgan fingerprint density at radius 3 is 2.27 bits per heavy atom. The molecule has 0 radical (unpaired) electrons. The van der Waals surface area contributed by atoms with Gasteiger partial charge in [-0.1, -0.05) is 12.7 Å². The molecule has 0 bridgehead atoms. The lowest BCUT2D eigenvalue weighted by Gasteiger charge is -2.06. The van der Waals surface area contributed by atoms with Gasteiger partial charge in [-0.15, -0.1) is 6.58 Å². The van der Waals surface area contributed by atoms with Crippen molar-refractivity contribution in [3.8, 4) is 0 Å². The quantitative estimate of drug-likeness (QED) is 0.482. The first-order valence-corrected chi connectivity index (χ1v) is 3.62. The van der Waals surface area contributed by atoms with Gasteiger partial charge in [0.2, 0.25) is 0 Å². The summed E-state index contributed by atoms with van der Waals surface area (Å²) in [7, 11) is 0. The average molecular weight is 153 g/mol. The Kier molecular flexibility index (Phi) is 4.46. The molecule has 0 aliphatic heterocycles. The van der Waals surface area contributed by atoms with Crippen LogP contribution in [-0.2, 0) is 0 Å². The van der Waals surface area contributed by atoms with E-state index in [4.69, 9.17) is 0 Å². The van der Waals surface area contributed by atoms with Gasteiger partial charge in [0, 0.05) is 6.04 Å². The number of hydrogen-bond acceptors (Lipinski definition) is 2. The van der Waals surface area contributed by atoms with Gasteiger partial charge in [-0.25, -0.2) is 0 Å². The topological polar surface area (TPSA) is 32.6 Å². The molecule has 0 aromatic carbocycles. The highest BCUT2D eigenvalue weighted by molar-refractivity contribution is 5.99. The Labute approximate surface area is 68.0 Å². The van der Waals surface area contributed by atoms with Crippen molar-refractivity contribution >= 4 is 5.71 Å². The van der Waals surface area contributed by atoms with Crippen LogP contribution in [0.15, 0.2) is 30.3 Å². The Morgan fingerprint density at radius 2 is 2.00 bits per heavy atom. The third-order valence-electron chi connectivity index (χ3n) is 1.14. The van der Waals surface area contributed by atoms with Gasteiger partial charge in [0.25, 0.3) is 0 Å². The summed E-state index contributed by atoms with van der Waals surface area (Å²) in [6.07, 6.45) is 2.30. The summed E-state index contributed by atoms with van der Waals surface area (Å²) in [6.45, 7) is 10.9. The van der Waals surface area contributed by atoms with Crippen LogP contribution < -0.4 is 0 Å². The van der Waals surface area contributed by atoms with Crippen LogP contribution >= 0.6 is 0 Å². The Bertz CT molecular complexity index is 170. The molecule has 11 heavy (non-hydrogen) atoms. The fourth-order valence-electron chi connectivity index (χ4n) is 0.669. The molecule has 0 spiro atoms. The zero-order chi connectivity index (χ0) is 8.85. The molecule has 0 saturated carbocycles. The maximum Gasteiger partial charge on any atom is 0.113 e. The highest BCUT2D eigenvalue weighted by Crippen LogP contribution is 1.96. The van der Waals surface area contributed by atoms with Crippen molar-refractivity contribution in [3.63, 3.8) is 0 Å². The molecule has 2 heteroatoms. The molecule has 0 aromatic heterocycles. The van der Waals surface area contributed by atoms with E-state index in [9.17, 15) is 5.11 Å². The standard InChI is InChI=1S/C9H15NO/c1-5-8(9(11)6-2)10-7(3)4/h5-7,9,11H,1-2H2,3-4H3. The third-order valence-corrected chi connectivity index (χ3v) is 1.14. The highest BCUT2D eigenvalue weighted by Gasteiger charge is 2.03. The van der Waals surface area contributed by atoms with Crippen LogP contribution in [0.2, 0.25) is 0 Å². The number of hydrogen-bond donors (Lipinski definition) is 1. The van der Waals surface area contributed by atoms with Crippen LogP contribution in [0.3, 0.4) is 0 Å². The zero-order valence-corrected chi connectivity index (χ0v) is 7.12. The molecule has 0 rings (SSSR count). The molecule has 0 amide bonds. The Morgan fingerprint density at radius 1 is 1.45 bits per heavy atom. The number of aliphatic hydroxyl groups excluding tert-OH is 1. The highest BCUT2D eigenvalue weighted by atomic mass is 16.3. The lowest BCUT2D eigenvalue weighted by molar-refractivity contribution is 0.289. The maximum atomic E-state index is 9.25. The van der Waals surface area contributed by atoms with Gasteiger partial charge in [-0.2, -0.15) is 0 Å². The van der Waals surface area contributed by atoms with Crippen molar-refractivity contribution in [1.29, 1.82) is 0 Å². The first-order chi connectivity index (χ1) is 5.11. The van der Waals surface area contributed by atoms with Crippen molar-refractivity contribution in [1.82, 2.24) is 0 Å². The summed E-state index contributed by atoms with van der Waals surface area (Å²) < 4.78 is 0. The second-order valence-electron chi connectivity index (χ2n) is 2.53. The fraction of sp³-hybridized carbons (Fsp3) is 0.444. The summed E-state index contributed by atoms with van der Waals surface area (Å²) in [4.78, 5) is 4.14. The summed E-state index contributed by atoms with van der Waals surface area (Å²) >= 11 is 0. The van der Waals surface area contributed by atoms with Gasteiger partial charge in [0.05, 0.1) is 5.71 Å². The molecular formula is C9H15NO. The average Bonchev–Trinajstić information content (AvgIpc) is 1.98. The van der Waals surface area contributed by atoms with Gasteiger partial charge < -0.3 is 5.11 Å². The van der Waals surface area contributed by atoms with Gasteiger partial charge in [0.1, 0.15) is 6.10 Å². The predicted octanol–water partition coefficient (Wildman–Crippen LogP) is 1.57. The van der Waals surface area contributed by atoms with Gasteiger partial charge in [-0.05, 0) is 19.9 Å². The number of nitrogens with zero attached hydrogens (tertiary/aromatic N) is 1. The van der Waals surface area contributed by atoms with Crippen molar-refractivity contribution in [2.45, 2.75) is 26.0 Å². The third kappa shape index (κ3) is 3.73. The molecule has 0 heterocycles. The van der Waals surface area contributed by atoms with E-state index >= 15 is 0 Å². The second-order valence-corrected chi connectivity index (χ2v) is 2.53. The van der Waals surface area contributed by atoms with Crippen LogP contribution in [0.4, 0.5) is 0 Å². The van der Waals surface area contributed by atoms with E-state index in [1.807, 2.05) is 13.8 Å².